The van der Waals surface area contributed by atoms with Gasteiger partial charge in [0.2, 0.25) is 15.9 Å². The van der Waals surface area contributed by atoms with Gasteiger partial charge in [0.25, 0.3) is 0 Å². The van der Waals surface area contributed by atoms with Gasteiger partial charge in [-0.05, 0) is 50.1 Å². The van der Waals surface area contributed by atoms with Crippen LogP contribution in [0.1, 0.15) is 19.8 Å². The number of benzene rings is 2. The van der Waals surface area contributed by atoms with E-state index < -0.39 is 32.5 Å². The van der Waals surface area contributed by atoms with Gasteiger partial charge in [-0.2, -0.15) is 4.31 Å². The number of sulfonamides is 1. The van der Waals surface area contributed by atoms with Crippen molar-refractivity contribution in [3.63, 3.8) is 0 Å². The second-order valence-corrected chi connectivity index (χ2v) is 10.2. The standard InChI is InChI=1S/C21H21F2N3O4S2/c1-2-30-16-4-3-5-17-19(16)24-21(31-17)25-20(27)13-8-10-26(11-9-13)32(28,29)18-12-14(22)6-7-15(18)23/h3-7,12-13H,2,8-11H2,1H3,(H,24,25,27). The van der Waals surface area contributed by atoms with Crippen molar-refractivity contribution in [2.45, 2.75) is 24.7 Å². The summed E-state index contributed by atoms with van der Waals surface area (Å²) in [6.45, 7) is 2.44. The molecule has 170 valence electrons. The number of nitrogens with zero attached hydrogens (tertiary/aromatic N) is 2. The van der Waals surface area contributed by atoms with Crippen LogP contribution >= 0.6 is 11.3 Å². The highest BCUT2D eigenvalue weighted by Crippen LogP contribution is 2.33. The summed E-state index contributed by atoms with van der Waals surface area (Å²) in [4.78, 5) is 16.5. The summed E-state index contributed by atoms with van der Waals surface area (Å²) in [5.41, 5.74) is 0.674. The molecule has 0 radical (unpaired) electrons. The zero-order valence-electron chi connectivity index (χ0n) is 17.2. The highest BCUT2D eigenvalue weighted by Gasteiger charge is 2.34. The van der Waals surface area contributed by atoms with E-state index in [9.17, 15) is 22.0 Å². The summed E-state index contributed by atoms with van der Waals surface area (Å²) in [5, 5.41) is 3.25. The Morgan fingerprint density at radius 3 is 2.72 bits per heavy atom. The van der Waals surface area contributed by atoms with Crippen molar-refractivity contribution in [1.29, 1.82) is 0 Å². The second kappa shape index (κ2) is 9.08. The number of para-hydroxylation sites is 1. The molecule has 0 unspecified atom stereocenters. The number of nitrogens with one attached hydrogen (secondary N) is 1. The van der Waals surface area contributed by atoms with Gasteiger partial charge in [-0.15, -0.1) is 0 Å². The van der Waals surface area contributed by atoms with Gasteiger partial charge in [0.15, 0.2) is 5.13 Å². The molecular weight excluding hydrogens is 460 g/mol. The third kappa shape index (κ3) is 4.45. The molecule has 0 spiro atoms. The number of rotatable bonds is 6. The Labute approximate surface area is 188 Å². The van der Waals surface area contributed by atoms with Crippen LogP contribution in [-0.4, -0.2) is 43.3 Å². The summed E-state index contributed by atoms with van der Waals surface area (Å²) in [5.74, 6) is -1.87. The highest BCUT2D eigenvalue weighted by molar-refractivity contribution is 7.89. The average molecular weight is 482 g/mol. The van der Waals surface area contributed by atoms with Gasteiger partial charge in [-0.3, -0.25) is 4.79 Å². The Kier molecular flexibility index (Phi) is 6.40. The van der Waals surface area contributed by atoms with E-state index in [1.807, 2.05) is 25.1 Å². The lowest BCUT2D eigenvalue weighted by atomic mass is 9.97. The SMILES string of the molecule is CCOc1cccc2sc(NC(=O)C3CCN(S(=O)(=O)c4cc(F)ccc4F)CC3)nc12. The molecule has 1 aromatic heterocycles. The fraction of sp³-hybridized carbons (Fsp3) is 0.333. The third-order valence-corrected chi connectivity index (χ3v) is 8.10. The molecule has 0 aliphatic carbocycles. The molecule has 11 heteroatoms. The zero-order valence-corrected chi connectivity index (χ0v) is 18.8. The molecule has 4 rings (SSSR count). The van der Waals surface area contributed by atoms with Gasteiger partial charge >= 0.3 is 0 Å². The molecule has 0 saturated carbocycles. The maximum Gasteiger partial charge on any atom is 0.246 e. The summed E-state index contributed by atoms with van der Waals surface area (Å²) in [6.07, 6.45) is 0.522. The molecule has 7 nitrogen and oxygen atoms in total. The number of anilines is 1. The van der Waals surface area contributed by atoms with Gasteiger partial charge in [0.1, 0.15) is 27.8 Å². The van der Waals surface area contributed by atoms with Crippen LogP contribution in [0.4, 0.5) is 13.9 Å². The molecule has 0 bridgehead atoms. The number of carbonyl (C=O) groups excluding carboxylic acids is 1. The lowest BCUT2D eigenvalue weighted by Gasteiger charge is -2.30. The number of aromatic nitrogens is 1. The zero-order chi connectivity index (χ0) is 22.9. The summed E-state index contributed by atoms with van der Waals surface area (Å²) in [6, 6.07) is 7.89. The predicted octanol–water partition coefficient (Wildman–Crippen LogP) is 4.01. The van der Waals surface area contributed by atoms with Crippen LogP contribution in [0.2, 0.25) is 0 Å². The number of fused-ring (bicyclic) bond motifs is 1. The molecule has 1 aliphatic heterocycles. The number of hydrogen-bond acceptors (Lipinski definition) is 6. The Morgan fingerprint density at radius 2 is 2.00 bits per heavy atom. The minimum Gasteiger partial charge on any atom is -0.492 e. The monoisotopic (exact) mass is 481 g/mol. The van der Waals surface area contributed by atoms with E-state index in [4.69, 9.17) is 4.74 Å². The number of halogens is 2. The van der Waals surface area contributed by atoms with E-state index in [0.29, 0.717) is 29.1 Å². The topological polar surface area (TPSA) is 88.6 Å². The van der Waals surface area contributed by atoms with Gasteiger partial charge in [-0.25, -0.2) is 22.2 Å². The Hall–Kier alpha value is -2.63. The Bertz CT molecular complexity index is 1260. The largest absolute Gasteiger partial charge is 0.492 e. The third-order valence-electron chi connectivity index (χ3n) is 5.25. The van der Waals surface area contributed by atoms with Crippen LogP contribution in [0.25, 0.3) is 10.2 Å². The molecule has 2 aromatic carbocycles. The van der Waals surface area contributed by atoms with Crippen molar-refractivity contribution in [1.82, 2.24) is 9.29 Å². The second-order valence-electron chi connectivity index (χ2n) is 7.30. The lowest BCUT2D eigenvalue weighted by molar-refractivity contribution is -0.120. The van der Waals surface area contributed by atoms with Gasteiger partial charge in [-0.1, -0.05) is 17.4 Å². The number of piperidine rings is 1. The molecule has 3 aromatic rings. The molecule has 0 atom stereocenters. The molecule has 1 amide bonds. The van der Waals surface area contributed by atoms with E-state index >= 15 is 0 Å². The molecule has 32 heavy (non-hydrogen) atoms. The first-order chi connectivity index (χ1) is 15.3. The van der Waals surface area contributed by atoms with Crippen LogP contribution < -0.4 is 10.1 Å². The fourth-order valence-corrected chi connectivity index (χ4v) is 6.06. The molecule has 1 aliphatic rings. The first-order valence-corrected chi connectivity index (χ1v) is 12.3. The van der Waals surface area contributed by atoms with E-state index in [0.717, 1.165) is 21.1 Å². The number of ether oxygens (including phenoxy) is 1. The van der Waals surface area contributed by atoms with Crippen LogP contribution in [0.5, 0.6) is 5.75 Å². The normalized spacial score (nSPS) is 15.7. The van der Waals surface area contributed by atoms with Crippen molar-refractivity contribution >= 4 is 42.6 Å². The number of hydrogen-bond donors (Lipinski definition) is 1. The first-order valence-electron chi connectivity index (χ1n) is 10.1. The number of amides is 1. The Balaban J connectivity index is 1.42. The number of thiazole rings is 1. The van der Waals surface area contributed by atoms with Gasteiger partial charge in [0.05, 0.1) is 11.3 Å². The molecule has 1 N–H and O–H groups in total. The summed E-state index contributed by atoms with van der Waals surface area (Å²) < 4.78 is 60.4. The first kappa shape index (κ1) is 22.6. The van der Waals surface area contributed by atoms with Crippen molar-refractivity contribution in [2.24, 2.45) is 5.92 Å². The smallest absolute Gasteiger partial charge is 0.246 e. The summed E-state index contributed by atoms with van der Waals surface area (Å²) >= 11 is 1.33. The molecular formula is C21H21F2N3O4S2. The van der Waals surface area contributed by atoms with Gasteiger partial charge in [0, 0.05) is 19.0 Å². The minimum atomic E-state index is -4.19. The van der Waals surface area contributed by atoms with Crippen LogP contribution in [0, 0.1) is 17.6 Å². The van der Waals surface area contributed by atoms with Crippen molar-refractivity contribution in [2.75, 3.05) is 25.0 Å². The van der Waals surface area contributed by atoms with E-state index in [-0.39, 0.29) is 31.8 Å². The summed E-state index contributed by atoms with van der Waals surface area (Å²) in [7, 11) is -4.19. The molecule has 1 saturated heterocycles. The predicted molar refractivity (Wildman–Crippen MR) is 117 cm³/mol. The Morgan fingerprint density at radius 1 is 1.25 bits per heavy atom. The van der Waals surface area contributed by atoms with Crippen molar-refractivity contribution < 1.29 is 26.7 Å². The van der Waals surface area contributed by atoms with Crippen molar-refractivity contribution in [3.05, 3.63) is 48.0 Å². The van der Waals surface area contributed by atoms with Crippen LogP contribution in [0.3, 0.4) is 0 Å². The van der Waals surface area contributed by atoms with E-state index in [2.05, 4.69) is 10.3 Å². The minimum absolute atomic E-state index is 0.0324. The van der Waals surface area contributed by atoms with Crippen LogP contribution in [-0.2, 0) is 14.8 Å². The van der Waals surface area contributed by atoms with Crippen LogP contribution in [0.15, 0.2) is 41.3 Å². The van der Waals surface area contributed by atoms with E-state index in [1.54, 1.807) is 0 Å². The van der Waals surface area contributed by atoms with Gasteiger partial charge < -0.3 is 10.1 Å². The lowest BCUT2D eigenvalue weighted by Crippen LogP contribution is -2.41. The average Bonchev–Trinajstić information content (AvgIpc) is 3.19. The molecule has 1 fully saturated rings. The maximum atomic E-state index is 14.0. The number of carbonyl (C=O) groups is 1. The van der Waals surface area contributed by atoms with E-state index in [1.165, 1.54) is 11.3 Å². The fourth-order valence-electron chi connectivity index (χ4n) is 3.63. The quantitative estimate of drug-likeness (QED) is 0.575. The molecule has 2 heterocycles. The van der Waals surface area contributed by atoms with Crippen molar-refractivity contribution in [3.8, 4) is 5.75 Å². The highest BCUT2D eigenvalue weighted by atomic mass is 32.2. The maximum absolute atomic E-state index is 14.0.